The highest BCUT2D eigenvalue weighted by atomic mass is 16.1. The Morgan fingerprint density at radius 3 is 2.48 bits per heavy atom. The van der Waals surface area contributed by atoms with Gasteiger partial charge in [0.05, 0.1) is 5.69 Å². The first-order valence-electron chi connectivity index (χ1n) is 8.43. The lowest BCUT2D eigenvalue weighted by molar-refractivity contribution is -0.138. The van der Waals surface area contributed by atoms with Crippen molar-refractivity contribution in [2.75, 3.05) is 0 Å². The van der Waals surface area contributed by atoms with Crippen LogP contribution in [-0.2, 0) is 11.3 Å². The first-order chi connectivity index (χ1) is 10.2. The van der Waals surface area contributed by atoms with Crippen molar-refractivity contribution in [2.45, 2.75) is 52.0 Å². The molecule has 4 aliphatic rings. The van der Waals surface area contributed by atoms with E-state index in [0.717, 1.165) is 49.3 Å². The summed E-state index contributed by atoms with van der Waals surface area (Å²) < 4.78 is 1.93. The fourth-order valence-electron chi connectivity index (χ4n) is 5.50. The number of carbonyl (C=O) groups is 1. The first kappa shape index (κ1) is 13.3. The molecule has 4 saturated carbocycles. The van der Waals surface area contributed by atoms with E-state index < -0.39 is 0 Å². The lowest BCUT2D eigenvalue weighted by atomic mass is 9.48. The van der Waals surface area contributed by atoms with E-state index in [-0.39, 0.29) is 5.41 Å². The number of carbonyl (C=O) groups excluding carboxylic acids is 1. The molecule has 4 aliphatic carbocycles. The molecule has 0 spiro atoms. The number of hydrogen-bond acceptors (Lipinski definition) is 2. The number of rotatable bonds is 4. The Morgan fingerprint density at radius 1 is 1.29 bits per heavy atom. The molecule has 0 atom stereocenters. The second kappa shape index (κ2) is 4.82. The number of allylic oxidation sites excluding steroid dienone is 1. The average Bonchev–Trinajstić information content (AvgIpc) is 2.90. The molecule has 0 unspecified atom stereocenters. The van der Waals surface area contributed by atoms with Gasteiger partial charge in [0.1, 0.15) is 0 Å². The van der Waals surface area contributed by atoms with Crippen LogP contribution < -0.4 is 0 Å². The van der Waals surface area contributed by atoms with E-state index in [2.05, 4.69) is 12.0 Å². The Bertz CT molecular complexity index is 549. The lowest BCUT2D eigenvalue weighted by Crippen LogP contribution is -2.49. The highest BCUT2D eigenvalue weighted by Gasteiger charge is 2.53. The number of aryl methyl sites for hydroxylation is 1. The Balaban J connectivity index is 1.55. The van der Waals surface area contributed by atoms with Crippen LogP contribution in [0.5, 0.6) is 0 Å². The van der Waals surface area contributed by atoms with Crippen molar-refractivity contribution in [1.29, 1.82) is 0 Å². The maximum atomic E-state index is 12.9. The summed E-state index contributed by atoms with van der Waals surface area (Å²) in [5.41, 5.74) is 1.03. The molecule has 3 heteroatoms. The van der Waals surface area contributed by atoms with Gasteiger partial charge >= 0.3 is 0 Å². The smallest absolute Gasteiger partial charge is 0.161 e. The molecule has 1 aromatic heterocycles. The van der Waals surface area contributed by atoms with Gasteiger partial charge in [0.2, 0.25) is 0 Å². The van der Waals surface area contributed by atoms with Crippen LogP contribution in [0.1, 0.15) is 51.1 Å². The molecule has 0 radical (unpaired) electrons. The largest absolute Gasteiger partial charge is 0.294 e. The van der Waals surface area contributed by atoms with Crippen LogP contribution in [0.3, 0.4) is 0 Å². The third kappa shape index (κ3) is 2.18. The van der Waals surface area contributed by atoms with Crippen LogP contribution in [0.2, 0.25) is 0 Å². The summed E-state index contributed by atoms with van der Waals surface area (Å²) in [7, 11) is 0. The van der Waals surface area contributed by atoms with Crippen LogP contribution in [0.15, 0.2) is 18.3 Å². The molecule has 3 nitrogen and oxygen atoms in total. The number of aromatic nitrogens is 2. The van der Waals surface area contributed by atoms with Crippen LogP contribution in [0.25, 0.3) is 6.08 Å². The van der Waals surface area contributed by atoms with E-state index in [1.807, 2.05) is 22.9 Å². The summed E-state index contributed by atoms with van der Waals surface area (Å²) in [6.45, 7) is 2.92. The van der Waals surface area contributed by atoms with Crippen molar-refractivity contribution < 1.29 is 4.79 Å². The fourth-order valence-corrected chi connectivity index (χ4v) is 5.50. The van der Waals surface area contributed by atoms with Crippen molar-refractivity contribution in [3.8, 4) is 0 Å². The molecular weight excluding hydrogens is 260 g/mol. The summed E-state index contributed by atoms with van der Waals surface area (Å²) in [4.78, 5) is 12.9. The summed E-state index contributed by atoms with van der Waals surface area (Å²) in [6.07, 6.45) is 13.2. The Morgan fingerprint density at radius 2 is 1.90 bits per heavy atom. The minimum absolute atomic E-state index is 0.0116. The zero-order valence-electron chi connectivity index (χ0n) is 12.8. The summed E-state index contributed by atoms with van der Waals surface area (Å²) in [5.74, 6) is 2.87. The maximum Gasteiger partial charge on any atom is 0.161 e. The predicted octanol–water partition coefficient (Wildman–Crippen LogP) is 3.70. The van der Waals surface area contributed by atoms with E-state index in [4.69, 9.17) is 0 Å². The molecule has 5 rings (SSSR count). The molecular formula is C18H24N2O. The van der Waals surface area contributed by atoms with Gasteiger partial charge in [-0.25, -0.2) is 0 Å². The van der Waals surface area contributed by atoms with Gasteiger partial charge in [-0.1, -0.05) is 0 Å². The molecule has 1 aromatic rings. The lowest BCUT2D eigenvalue weighted by Gasteiger charge is -2.55. The molecule has 112 valence electrons. The van der Waals surface area contributed by atoms with Crippen LogP contribution in [-0.4, -0.2) is 15.6 Å². The van der Waals surface area contributed by atoms with Crippen molar-refractivity contribution >= 4 is 11.9 Å². The Labute approximate surface area is 126 Å². The zero-order chi connectivity index (χ0) is 14.4. The van der Waals surface area contributed by atoms with Gasteiger partial charge in [0.15, 0.2) is 5.78 Å². The fraction of sp³-hybridized carbons (Fsp3) is 0.667. The first-order valence-corrected chi connectivity index (χ1v) is 8.43. The van der Waals surface area contributed by atoms with E-state index in [0.29, 0.717) is 5.78 Å². The third-order valence-electron chi connectivity index (χ3n) is 6.02. The van der Waals surface area contributed by atoms with Crippen molar-refractivity contribution in [2.24, 2.45) is 23.2 Å². The second-order valence-corrected chi connectivity index (χ2v) is 7.47. The summed E-state index contributed by atoms with van der Waals surface area (Å²) in [6, 6.07) is 1.98. The van der Waals surface area contributed by atoms with Crippen molar-refractivity contribution in [3.05, 3.63) is 24.0 Å². The molecule has 4 fully saturated rings. The maximum absolute atomic E-state index is 12.9. The minimum atomic E-state index is -0.0116. The monoisotopic (exact) mass is 284 g/mol. The third-order valence-corrected chi connectivity index (χ3v) is 6.02. The number of nitrogens with zero attached hydrogens (tertiary/aromatic N) is 2. The minimum Gasteiger partial charge on any atom is -0.294 e. The van der Waals surface area contributed by atoms with Gasteiger partial charge in [0, 0.05) is 18.2 Å². The van der Waals surface area contributed by atoms with Gasteiger partial charge in [-0.15, -0.1) is 0 Å². The highest BCUT2D eigenvalue weighted by molar-refractivity contribution is 5.98. The van der Waals surface area contributed by atoms with Gasteiger partial charge in [-0.2, -0.15) is 5.10 Å². The molecule has 0 saturated heterocycles. The van der Waals surface area contributed by atoms with Crippen LogP contribution in [0, 0.1) is 23.2 Å². The summed E-state index contributed by atoms with van der Waals surface area (Å²) >= 11 is 0. The molecule has 0 aromatic carbocycles. The number of hydrogen-bond donors (Lipinski definition) is 0. The van der Waals surface area contributed by atoms with Crippen LogP contribution >= 0.6 is 0 Å². The Kier molecular flexibility index (Phi) is 3.05. The number of ketones is 1. The van der Waals surface area contributed by atoms with Gasteiger partial charge < -0.3 is 0 Å². The predicted molar refractivity (Wildman–Crippen MR) is 82.5 cm³/mol. The van der Waals surface area contributed by atoms with Crippen molar-refractivity contribution in [3.63, 3.8) is 0 Å². The highest BCUT2D eigenvalue weighted by Crippen LogP contribution is 2.60. The van der Waals surface area contributed by atoms with E-state index in [1.165, 1.54) is 19.3 Å². The van der Waals surface area contributed by atoms with Gasteiger partial charge in [0.25, 0.3) is 0 Å². The SMILES string of the molecule is CCn1nccc1C=CC(=O)C12CC3CC(CC(C3)C1)C2. The van der Waals surface area contributed by atoms with Crippen molar-refractivity contribution in [1.82, 2.24) is 9.78 Å². The normalized spacial score (nSPS) is 37.5. The van der Waals surface area contributed by atoms with E-state index in [9.17, 15) is 4.79 Å². The molecule has 0 aliphatic heterocycles. The zero-order valence-corrected chi connectivity index (χ0v) is 12.8. The Hall–Kier alpha value is -1.38. The quantitative estimate of drug-likeness (QED) is 0.790. The average molecular weight is 284 g/mol. The van der Waals surface area contributed by atoms with Gasteiger partial charge in [-0.3, -0.25) is 9.48 Å². The molecule has 4 bridgehead atoms. The molecule has 0 amide bonds. The summed E-state index contributed by atoms with van der Waals surface area (Å²) in [5, 5.41) is 4.26. The van der Waals surface area contributed by atoms with E-state index >= 15 is 0 Å². The molecule has 1 heterocycles. The standard InChI is InChI=1S/C18H24N2O/c1-2-20-16(5-6-19-20)3-4-17(21)18-10-13-7-14(11-18)9-15(8-13)12-18/h3-6,13-15H,2,7-12H2,1H3. The molecule has 0 N–H and O–H groups in total. The topological polar surface area (TPSA) is 34.9 Å². The van der Waals surface area contributed by atoms with E-state index in [1.54, 1.807) is 6.20 Å². The second-order valence-electron chi connectivity index (χ2n) is 7.47. The van der Waals surface area contributed by atoms with Gasteiger partial charge in [-0.05, 0) is 81.4 Å². The van der Waals surface area contributed by atoms with Crippen LogP contribution in [0.4, 0.5) is 0 Å². The molecule has 21 heavy (non-hydrogen) atoms.